The fourth-order valence-electron chi connectivity index (χ4n) is 2.24. The highest BCUT2D eigenvalue weighted by atomic mass is 32.2. The highest BCUT2D eigenvalue weighted by Crippen LogP contribution is 2.19. The zero-order valence-corrected chi connectivity index (χ0v) is 17.2. The molecular formula is C19H23N3O6S. The Kier molecular flexibility index (Phi) is 7.57. The topological polar surface area (TPSA) is 114 Å². The molecule has 2 rings (SSSR count). The van der Waals surface area contributed by atoms with E-state index in [4.69, 9.17) is 9.47 Å². The van der Waals surface area contributed by atoms with E-state index in [0.717, 1.165) is 4.31 Å². The molecule has 10 heteroatoms. The van der Waals surface area contributed by atoms with Gasteiger partial charge in [0, 0.05) is 31.5 Å². The highest BCUT2D eigenvalue weighted by Gasteiger charge is 2.17. The van der Waals surface area contributed by atoms with Gasteiger partial charge in [0.05, 0.1) is 11.5 Å². The molecule has 0 aliphatic rings. The van der Waals surface area contributed by atoms with Crippen LogP contribution in [0.15, 0.2) is 53.4 Å². The minimum Gasteiger partial charge on any atom is -0.484 e. The number of sulfonamides is 1. The third-order valence-corrected chi connectivity index (χ3v) is 5.43. The smallest absolute Gasteiger partial charge is 0.411 e. The zero-order valence-electron chi connectivity index (χ0n) is 16.3. The first-order valence-corrected chi connectivity index (χ1v) is 10.2. The van der Waals surface area contributed by atoms with Crippen LogP contribution in [0.25, 0.3) is 0 Å². The summed E-state index contributed by atoms with van der Waals surface area (Å²) in [6.07, 6.45) is -0.588. The Labute approximate surface area is 169 Å². The van der Waals surface area contributed by atoms with Crippen LogP contribution < -0.4 is 15.4 Å². The maximum Gasteiger partial charge on any atom is 0.411 e. The number of ether oxygens (including phenoxy) is 2. The van der Waals surface area contributed by atoms with Gasteiger partial charge in [0.2, 0.25) is 10.0 Å². The summed E-state index contributed by atoms with van der Waals surface area (Å²) in [6, 6.07) is 12.4. The average molecular weight is 421 g/mol. The number of nitrogens with zero attached hydrogens (tertiary/aromatic N) is 1. The van der Waals surface area contributed by atoms with Crippen molar-refractivity contribution < 1.29 is 27.5 Å². The molecule has 2 aromatic carbocycles. The van der Waals surface area contributed by atoms with Gasteiger partial charge in [-0.2, -0.15) is 0 Å². The Hall–Kier alpha value is -3.11. The average Bonchev–Trinajstić information content (AvgIpc) is 2.67. The van der Waals surface area contributed by atoms with E-state index in [0.29, 0.717) is 17.1 Å². The standard InChI is InChI=1S/C19H23N3O6S/c1-4-27-19(24)21-14-7-5-9-16(11-14)28-13-18(23)20-15-8-6-10-17(12-15)29(25,26)22(2)3/h5-12H,4,13H2,1-3H3,(H,20,23)(H,21,24). The molecule has 0 unspecified atom stereocenters. The van der Waals surface area contributed by atoms with Gasteiger partial charge in [-0.05, 0) is 37.3 Å². The van der Waals surface area contributed by atoms with Crippen molar-refractivity contribution in [3.63, 3.8) is 0 Å². The molecule has 0 fully saturated rings. The molecule has 0 aromatic heterocycles. The molecule has 0 radical (unpaired) electrons. The summed E-state index contributed by atoms with van der Waals surface area (Å²) in [6.45, 7) is 1.65. The van der Waals surface area contributed by atoms with Gasteiger partial charge in [0.1, 0.15) is 5.75 Å². The van der Waals surface area contributed by atoms with Crippen LogP contribution in [0.2, 0.25) is 0 Å². The van der Waals surface area contributed by atoms with Gasteiger partial charge in [-0.15, -0.1) is 0 Å². The Morgan fingerprint density at radius 1 is 1.00 bits per heavy atom. The first kappa shape index (κ1) is 22.2. The molecule has 9 nitrogen and oxygen atoms in total. The van der Waals surface area contributed by atoms with Gasteiger partial charge in [-0.1, -0.05) is 12.1 Å². The lowest BCUT2D eigenvalue weighted by molar-refractivity contribution is -0.118. The molecule has 0 saturated carbocycles. The number of benzene rings is 2. The summed E-state index contributed by atoms with van der Waals surface area (Å²) in [7, 11) is -0.744. The van der Waals surface area contributed by atoms with E-state index in [2.05, 4.69) is 10.6 Å². The molecule has 0 bridgehead atoms. The molecule has 0 saturated heterocycles. The predicted octanol–water partition coefficient (Wildman–Crippen LogP) is 2.52. The molecule has 0 heterocycles. The van der Waals surface area contributed by atoms with Crippen LogP contribution in [-0.2, 0) is 19.6 Å². The summed E-state index contributed by atoms with van der Waals surface area (Å²) in [4.78, 5) is 23.7. The fraction of sp³-hybridized carbons (Fsp3) is 0.263. The van der Waals surface area contributed by atoms with E-state index in [1.165, 1.54) is 32.3 Å². The minimum absolute atomic E-state index is 0.0685. The third-order valence-electron chi connectivity index (χ3n) is 3.62. The largest absolute Gasteiger partial charge is 0.484 e. The quantitative estimate of drug-likeness (QED) is 0.677. The molecule has 2 amide bonds. The monoisotopic (exact) mass is 421 g/mol. The second-order valence-corrected chi connectivity index (χ2v) is 8.18. The van der Waals surface area contributed by atoms with Gasteiger partial charge in [-0.3, -0.25) is 10.1 Å². The predicted molar refractivity (Wildman–Crippen MR) is 109 cm³/mol. The molecular weight excluding hydrogens is 398 g/mol. The number of hydrogen-bond acceptors (Lipinski definition) is 6. The molecule has 2 aromatic rings. The summed E-state index contributed by atoms with van der Waals surface area (Å²) in [5.74, 6) is -0.0912. The number of amides is 2. The fourth-order valence-corrected chi connectivity index (χ4v) is 3.19. The van der Waals surface area contributed by atoms with Crippen molar-refractivity contribution >= 4 is 33.4 Å². The van der Waals surface area contributed by atoms with Gasteiger partial charge in [-0.25, -0.2) is 17.5 Å². The van der Waals surface area contributed by atoms with Crippen molar-refractivity contribution in [1.82, 2.24) is 4.31 Å². The molecule has 0 aliphatic carbocycles. The van der Waals surface area contributed by atoms with E-state index in [9.17, 15) is 18.0 Å². The first-order chi connectivity index (χ1) is 13.7. The van der Waals surface area contributed by atoms with Crippen molar-refractivity contribution in [1.29, 1.82) is 0 Å². The van der Waals surface area contributed by atoms with Gasteiger partial charge in [0.15, 0.2) is 6.61 Å². The van der Waals surface area contributed by atoms with Gasteiger partial charge in [0.25, 0.3) is 5.91 Å². The molecule has 29 heavy (non-hydrogen) atoms. The number of nitrogens with one attached hydrogen (secondary N) is 2. The van der Waals surface area contributed by atoms with Crippen LogP contribution >= 0.6 is 0 Å². The van der Waals surface area contributed by atoms with E-state index >= 15 is 0 Å². The van der Waals surface area contributed by atoms with Crippen LogP contribution in [0.4, 0.5) is 16.2 Å². The number of anilines is 2. The van der Waals surface area contributed by atoms with Crippen LogP contribution in [0.5, 0.6) is 5.75 Å². The van der Waals surface area contributed by atoms with Crippen molar-refractivity contribution in [3.05, 3.63) is 48.5 Å². The highest BCUT2D eigenvalue weighted by molar-refractivity contribution is 7.89. The maximum atomic E-state index is 12.2. The van der Waals surface area contributed by atoms with Crippen molar-refractivity contribution in [2.45, 2.75) is 11.8 Å². The Balaban J connectivity index is 1.96. The molecule has 0 aliphatic heterocycles. The maximum absolute atomic E-state index is 12.2. The van der Waals surface area contributed by atoms with E-state index in [1.54, 1.807) is 37.3 Å². The first-order valence-electron chi connectivity index (χ1n) is 8.71. The minimum atomic E-state index is -3.60. The number of carbonyl (C=O) groups excluding carboxylic acids is 2. The second-order valence-electron chi connectivity index (χ2n) is 6.03. The lowest BCUT2D eigenvalue weighted by Crippen LogP contribution is -2.23. The Morgan fingerprint density at radius 3 is 2.31 bits per heavy atom. The summed E-state index contributed by atoms with van der Waals surface area (Å²) in [5, 5.41) is 5.13. The van der Waals surface area contributed by atoms with E-state index in [1.807, 2.05) is 0 Å². The Bertz CT molecular complexity index is 975. The van der Waals surface area contributed by atoms with Crippen molar-refractivity contribution in [3.8, 4) is 5.75 Å². The molecule has 156 valence electrons. The number of rotatable bonds is 8. The zero-order chi connectivity index (χ0) is 21.4. The van der Waals surface area contributed by atoms with Gasteiger partial charge >= 0.3 is 6.09 Å². The number of hydrogen-bond donors (Lipinski definition) is 2. The molecule has 0 spiro atoms. The third kappa shape index (κ3) is 6.47. The van der Waals surface area contributed by atoms with Gasteiger partial charge < -0.3 is 14.8 Å². The van der Waals surface area contributed by atoms with Crippen LogP contribution in [0.3, 0.4) is 0 Å². The normalized spacial score (nSPS) is 11.0. The van der Waals surface area contributed by atoms with Crippen molar-refractivity contribution in [2.75, 3.05) is 37.9 Å². The summed E-state index contributed by atoms with van der Waals surface area (Å²) in [5.41, 5.74) is 0.794. The van der Waals surface area contributed by atoms with Crippen molar-refractivity contribution in [2.24, 2.45) is 0 Å². The summed E-state index contributed by atoms with van der Waals surface area (Å²) >= 11 is 0. The Morgan fingerprint density at radius 2 is 1.66 bits per heavy atom. The lowest BCUT2D eigenvalue weighted by Gasteiger charge is -2.13. The van der Waals surface area contributed by atoms with Crippen LogP contribution in [0, 0.1) is 0 Å². The number of carbonyl (C=O) groups is 2. The second kappa shape index (κ2) is 9.89. The lowest BCUT2D eigenvalue weighted by atomic mass is 10.3. The van der Waals surface area contributed by atoms with E-state index in [-0.39, 0.29) is 18.1 Å². The summed E-state index contributed by atoms with van der Waals surface area (Å²) < 4.78 is 35.7. The van der Waals surface area contributed by atoms with Crippen LogP contribution in [0.1, 0.15) is 6.92 Å². The molecule has 2 N–H and O–H groups in total. The van der Waals surface area contributed by atoms with Crippen LogP contribution in [-0.4, -0.2) is 52.0 Å². The molecule has 0 atom stereocenters. The van der Waals surface area contributed by atoms with E-state index < -0.39 is 22.0 Å². The SMILES string of the molecule is CCOC(=O)Nc1cccc(OCC(=O)Nc2cccc(S(=O)(=O)N(C)C)c2)c1.